The molecule has 1 aliphatic rings. The summed E-state index contributed by atoms with van der Waals surface area (Å²) in [5.41, 5.74) is -5.09. The van der Waals surface area contributed by atoms with Gasteiger partial charge in [0.05, 0.1) is 0 Å². The van der Waals surface area contributed by atoms with E-state index in [2.05, 4.69) is 4.74 Å². The van der Waals surface area contributed by atoms with Crippen molar-refractivity contribution in [1.82, 2.24) is 0 Å². The van der Waals surface area contributed by atoms with Gasteiger partial charge in [-0.2, -0.15) is 30.7 Å². The quantitative estimate of drug-likeness (QED) is 0.489. The largest absolute Gasteiger partial charge is 0.435 e. The molecule has 9 heteroatoms. The molecule has 0 aromatic carbocycles. The van der Waals surface area contributed by atoms with E-state index in [1.54, 1.807) is 0 Å². The van der Waals surface area contributed by atoms with Crippen LogP contribution < -0.4 is 0 Å². The van der Waals surface area contributed by atoms with Gasteiger partial charge in [0.25, 0.3) is 0 Å². The van der Waals surface area contributed by atoms with Crippen molar-refractivity contribution in [3.63, 3.8) is 0 Å². The minimum absolute atomic E-state index is 2.66. The van der Waals surface area contributed by atoms with Crippen LogP contribution >= 0.6 is 0 Å². The second-order valence-corrected chi connectivity index (χ2v) is 2.34. The van der Waals surface area contributed by atoms with Gasteiger partial charge >= 0.3 is 24.0 Å². The van der Waals surface area contributed by atoms with E-state index in [1.807, 2.05) is 0 Å². The lowest BCUT2D eigenvalue weighted by Crippen LogP contribution is -2.50. The Balaban J connectivity index is 3.10. The first-order valence-electron chi connectivity index (χ1n) is 2.70. The van der Waals surface area contributed by atoms with Crippen molar-refractivity contribution >= 4 is 0 Å². The molecule has 13 heavy (non-hydrogen) atoms. The lowest BCUT2D eigenvalue weighted by molar-refractivity contribution is -0.300. The Labute approximate surface area is 65.9 Å². The molecule has 78 valence electrons. The number of ether oxygens (including phenoxy) is 1. The highest BCUT2D eigenvalue weighted by Crippen LogP contribution is 2.64. The molecule has 0 aromatic heterocycles. The SMILES string of the molecule is OC1(F)OC1(C(F)(F)F)C(F)(F)F. The molecule has 1 saturated heterocycles. The van der Waals surface area contributed by atoms with E-state index in [0.29, 0.717) is 0 Å². The molecule has 2 nitrogen and oxygen atoms in total. The zero-order valence-electron chi connectivity index (χ0n) is 5.50. The zero-order valence-corrected chi connectivity index (χ0v) is 5.50. The van der Waals surface area contributed by atoms with Crippen molar-refractivity contribution in [2.75, 3.05) is 0 Å². The zero-order chi connectivity index (χ0) is 10.7. The number of hydrogen-bond acceptors (Lipinski definition) is 2. The molecule has 0 aromatic rings. The highest BCUT2D eigenvalue weighted by atomic mass is 19.4. The minimum Gasteiger partial charge on any atom is -0.337 e. The first kappa shape index (κ1) is 10.5. The van der Waals surface area contributed by atoms with Gasteiger partial charge in [-0.05, 0) is 0 Å². The van der Waals surface area contributed by atoms with Gasteiger partial charge < -0.3 is 5.11 Å². The molecule has 1 fully saturated rings. The number of alkyl halides is 7. The Morgan fingerprint density at radius 3 is 1.15 bits per heavy atom. The van der Waals surface area contributed by atoms with Crippen LogP contribution in [-0.4, -0.2) is 29.1 Å². The van der Waals surface area contributed by atoms with E-state index >= 15 is 0 Å². The van der Waals surface area contributed by atoms with Crippen molar-refractivity contribution in [2.45, 2.75) is 24.0 Å². The van der Waals surface area contributed by atoms with Crippen molar-refractivity contribution in [1.29, 1.82) is 0 Å². The summed E-state index contributed by atoms with van der Waals surface area (Å²) in [4.78, 5) is 0. The number of halogens is 7. The van der Waals surface area contributed by atoms with E-state index in [-0.39, 0.29) is 0 Å². The maximum atomic E-state index is 12.0. The monoisotopic (exact) mass is 214 g/mol. The predicted molar refractivity (Wildman–Crippen MR) is 22.0 cm³/mol. The van der Waals surface area contributed by atoms with Crippen LogP contribution in [0.3, 0.4) is 0 Å². The molecule has 0 amide bonds. The summed E-state index contributed by atoms with van der Waals surface area (Å²) in [5, 5.41) is 7.88. The summed E-state index contributed by atoms with van der Waals surface area (Å²) in [6.07, 6.45) is -12.1. The molecule has 0 bridgehead atoms. The van der Waals surface area contributed by atoms with Crippen LogP contribution in [0.4, 0.5) is 30.7 Å². The highest BCUT2D eigenvalue weighted by molar-refractivity contribution is 5.13. The van der Waals surface area contributed by atoms with Gasteiger partial charge in [0.15, 0.2) is 0 Å². The fourth-order valence-corrected chi connectivity index (χ4v) is 0.803. The first-order chi connectivity index (χ1) is 5.46. The van der Waals surface area contributed by atoms with Gasteiger partial charge in [0.2, 0.25) is 0 Å². The van der Waals surface area contributed by atoms with Crippen molar-refractivity contribution in [3.05, 3.63) is 0 Å². The van der Waals surface area contributed by atoms with E-state index in [1.165, 1.54) is 0 Å². The molecule has 1 heterocycles. The third-order valence-corrected chi connectivity index (χ3v) is 1.48. The molecule has 1 rings (SSSR count). The minimum atomic E-state index is -6.05. The summed E-state index contributed by atoms with van der Waals surface area (Å²) in [6.45, 7) is 0. The highest BCUT2D eigenvalue weighted by Gasteiger charge is 2.97. The number of aliphatic hydroxyl groups is 1. The van der Waals surface area contributed by atoms with Gasteiger partial charge in [-0.3, -0.25) is 4.74 Å². The van der Waals surface area contributed by atoms with Crippen LogP contribution in [0.25, 0.3) is 0 Å². The molecule has 1 N–H and O–H groups in total. The molecule has 0 spiro atoms. The molecule has 0 radical (unpaired) electrons. The Hall–Kier alpha value is -0.570. The first-order valence-corrected chi connectivity index (χ1v) is 2.70. The maximum Gasteiger partial charge on any atom is 0.435 e. The average molecular weight is 214 g/mol. The third-order valence-electron chi connectivity index (χ3n) is 1.48. The maximum absolute atomic E-state index is 12.0. The molecule has 1 aliphatic heterocycles. The number of epoxide rings is 1. The predicted octanol–water partition coefficient (Wildman–Crippen LogP) is 1.50. The van der Waals surface area contributed by atoms with Gasteiger partial charge in [0, 0.05) is 0 Å². The second kappa shape index (κ2) is 2.08. The lowest BCUT2D eigenvalue weighted by Gasteiger charge is -2.18. The molecule has 0 saturated carbocycles. The molecular weight excluding hydrogens is 213 g/mol. The molecular formula is C4HF7O2. The van der Waals surface area contributed by atoms with Gasteiger partial charge in [-0.15, -0.1) is 0 Å². The fraction of sp³-hybridized carbons (Fsp3) is 1.00. The van der Waals surface area contributed by atoms with Crippen molar-refractivity contribution in [2.24, 2.45) is 0 Å². The Morgan fingerprint density at radius 2 is 1.15 bits per heavy atom. The fourth-order valence-electron chi connectivity index (χ4n) is 0.803. The summed E-state index contributed by atoms with van der Waals surface area (Å²) in [5.74, 6) is 0. The Kier molecular flexibility index (Phi) is 1.68. The standard InChI is InChI=1S/C4HF7O2/c5-2(6,7)1(3(8,9)10)4(11,12)13-1/h12H. The lowest BCUT2D eigenvalue weighted by atomic mass is 10.1. The summed E-state index contributed by atoms with van der Waals surface area (Å²) >= 11 is 0. The Morgan fingerprint density at radius 1 is 0.923 bits per heavy atom. The van der Waals surface area contributed by atoms with Crippen LogP contribution in [0.2, 0.25) is 0 Å². The van der Waals surface area contributed by atoms with Crippen LogP contribution in [0.15, 0.2) is 0 Å². The summed E-state index contributed by atoms with van der Waals surface area (Å²) in [7, 11) is 0. The average Bonchev–Trinajstić information content (AvgIpc) is 2.30. The molecule has 0 aliphatic carbocycles. The van der Waals surface area contributed by atoms with Crippen LogP contribution in [0.1, 0.15) is 0 Å². The number of hydrogen-bond donors (Lipinski definition) is 1. The molecule has 1 atom stereocenters. The van der Waals surface area contributed by atoms with E-state index in [4.69, 9.17) is 5.11 Å². The third kappa shape index (κ3) is 1.10. The van der Waals surface area contributed by atoms with E-state index < -0.39 is 24.0 Å². The smallest absolute Gasteiger partial charge is 0.337 e. The van der Waals surface area contributed by atoms with Gasteiger partial charge in [0.1, 0.15) is 0 Å². The summed E-state index contributed by atoms with van der Waals surface area (Å²) in [6, 6.07) is -4.72. The Bertz CT molecular complexity index is 212. The van der Waals surface area contributed by atoms with Crippen molar-refractivity contribution in [3.8, 4) is 0 Å². The number of rotatable bonds is 0. The second-order valence-electron chi connectivity index (χ2n) is 2.34. The van der Waals surface area contributed by atoms with Crippen LogP contribution in [-0.2, 0) is 4.74 Å². The van der Waals surface area contributed by atoms with E-state index in [0.717, 1.165) is 0 Å². The van der Waals surface area contributed by atoms with E-state index in [9.17, 15) is 30.7 Å². The molecule has 1 unspecified atom stereocenters. The topological polar surface area (TPSA) is 32.8 Å². The van der Waals surface area contributed by atoms with Crippen LogP contribution in [0, 0.1) is 0 Å². The van der Waals surface area contributed by atoms with Crippen molar-refractivity contribution < 1.29 is 40.6 Å². The van der Waals surface area contributed by atoms with Crippen LogP contribution in [0.5, 0.6) is 0 Å². The normalized spacial score (nSPS) is 33.2. The van der Waals surface area contributed by atoms with Gasteiger partial charge in [-0.25, -0.2) is 0 Å². The van der Waals surface area contributed by atoms with Gasteiger partial charge in [-0.1, -0.05) is 0 Å². The summed E-state index contributed by atoms with van der Waals surface area (Å²) < 4.78 is 84.5.